The van der Waals surface area contributed by atoms with E-state index in [1.54, 1.807) is 12.1 Å². The molecular formula is C20H26BrN3O2S. The maximum atomic E-state index is 11.5. The summed E-state index contributed by atoms with van der Waals surface area (Å²) in [7, 11) is -3.64. The third-order valence-corrected chi connectivity index (χ3v) is 6.52. The SMILES string of the molecule is NS(=O)(=O)c1ccc(CN(CCc2ccc(Br)cc2)C2CCNCC2)cc1. The standard InChI is InChI=1S/C20H26BrN3O2S/c21-18-5-1-16(2-6-18)11-14-24(19-9-12-23-13-10-19)15-17-3-7-20(8-4-17)27(22,25)26/h1-8,19,23H,9-15H2,(H2,22,25,26). The molecule has 0 atom stereocenters. The van der Waals surface area contributed by atoms with Gasteiger partial charge >= 0.3 is 0 Å². The Hall–Kier alpha value is -1.25. The minimum Gasteiger partial charge on any atom is -0.317 e. The summed E-state index contributed by atoms with van der Waals surface area (Å²) >= 11 is 3.48. The van der Waals surface area contributed by atoms with Crippen LogP contribution in [0.15, 0.2) is 57.9 Å². The minimum absolute atomic E-state index is 0.162. The summed E-state index contributed by atoms with van der Waals surface area (Å²) in [5.41, 5.74) is 2.43. The fraction of sp³-hybridized carbons (Fsp3) is 0.400. The number of halogens is 1. The molecule has 27 heavy (non-hydrogen) atoms. The van der Waals surface area contributed by atoms with Crippen LogP contribution in [-0.2, 0) is 23.0 Å². The molecule has 0 aromatic heterocycles. The van der Waals surface area contributed by atoms with Gasteiger partial charge in [0, 0.05) is 23.6 Å². The van der Waals surface area contributed by atoms with E-state index in [0.29, 0.717) is 6.04 Å². The molecule has 1 aliphatic heterocycles. The molecule has 3 N–H and O–H groups in total. The molecule has 1 heterocycles. The average Bonchev–Trinajstić information content (AvgIpc) is 2.67. The fourth-order valence-electron chi connectivity index (χ4n) is 3.51. The van der Waals surface area contributed by atoms with Crippen LogP contribution in [0.25, 0.3) is 0 Å². The predicted octanol–water partition coefficient (Wildman–Crippen LogP) is 2.89. The van der Waals surface area contributed by atoms with Crippen molar-refractivity contribution >= 4 is 26.0 Å². The summed E-state index contributed by atoms with van der Waals surface area (Å²) in [5, 5.41) is 8.62. The Morgan fingerprint density at radius 2 is 1.59 bits per heavy atom. The van der Waals surface area contributed by atoms with Crippen molar-refractivity contribution in [1.29, 1.82) is 0 Å². The number of hydrogen-bond donors (Lipinski definition) is 2. The molecule has 0 unspecified atom stereocenters. The van der Waals surface area contributed by atoms with Crippen LogP contribution in [0, 0.1) is 0 Å². The number of benzene rings is 2. The fourth-order valence-corrected chi connectivity index (χ4v) is 4.29. The summed E-state index contributed by atoms with van der Waals surface area (Å²) in [5.74, 6) is 0. The van der Waals surface area contributed by atoms with Gasteiger partial charge in [-0.05, 0) is 67.7 Å². The molecule has 5 nitrogen and oxygen atoms in total. The molecule has 2 aromatic rings. The third-order valence-electron chi connectivity index (χ3n) is 5.06. The Morgan fingerprint density at radius 3 is 2.19 bits per heavy atom. The van der Waals surface area contributed by atoms with Gasteiger partial charge < -0.3 is 5.32 Å². The van der Waals surface area contributed by atoms with Gasteiger partial charge in [0.25, 0.3) is 0 Å². The van der Waals surface area contributed by atoms with Crippen molar-refractivity contribution in [1.82, 2.24) is 10.2 Å². The largest absolute Gasteiger partial charge is 0.317 e. The number of nitrogens with one attached hydrogen (secondary N) is 1. The third kappa shape index (κ3) is 6.12. The van der Waals surface area contributed by atoms with Crippen molar-refractivity contribution in [3.63, 3.8) is 0 Å². The van der Waals surface area contributed by atoms with E-state index in [4.69, 9.17) is 5.14 Å². The molecule has 1 fully saturated rings. The molecule has 0 bridgehead atoms. The summed E-state index contributed by atoms with van der Waals surface area (Å²) in [6, 6.07) is 15.9. The van der Waals surface area contributed by atoms with Gasteiger partial charge in [-0.25, -0.2) is 13.6 Å². The second-order valence-corrected chi connectivity index (χ2v) is 9.49. The minimum atomic E-state index is -3.64. The zero-order chi connectivity index (χ0) is 19.3. The van der Waals surface area contributed by atoms with E-state index in [1.165, 1.54) is 5.56 Å². The lowest BCUT2D eigenvalue weighted by atomic mass is 10.0. The van der Waals surface area contributed by atoms with Crippen molar-refractivity contribution in [3.05, 3.63) is 64.1 Å². The monoisotopic (exact) mass is 451 g/mol. The second kappa shape index (κ2) is 9.30. The molecular weight excluding hydrogens is 426 g/mol. The summed E-state index contributed by atoms with van der Waals surface area (Å²) in [6.07, 6.45) is 3.26. The van der Waals surface area contributed by atoms with E-state index in [0.717, 1.165) is 55.5 Å². The van der Waals surface area contributed by atoms with Crippen LogP contribution in [0.2, 0.25) is 0 Å². The van der Waals surface area contributed by atoms with Gasteiger partial charge in [0.05, 0.1) is 4.90 Å². The lowest BCUT2D eigenvalue weighted by Crippen LogP contribution is -2.43. The molecule has 2 aromatic carbocycles. The van der Waals surface area contributed by atoms with Crippen molar-refractivity contribution in [3.8, 4) is 0 Å². The van der Waals surface area contributed by atoms with E-state index in [-0.39, 0.29) is 4.90 Å². The summed E-state index contributed by atoms with van der Waals surface area (Å²) in [6.45, 7) is 3.88. The zero-order valence-electron chi connectivity index (χ0n) is 15.3. The normalized spacial score (nSPS) is 16.0. The van der Waals surface area contributed by atoms with Crippen molar-refractivity contribution in [2.75, 3.05) is 19.6 Å². The Labute approximate surface area is 170 Å². The lowest BCUT2D eigenvalue weighted by molar-refractivity contribution is 0.155. The first-order valence-electron chi connectivity index (χ1n) is 9.23. The molecule has 0 aliphatic carbocycles. The van der Waals surface area contributed by atoms with Crippen molar-refractivity contribution in [2.45, 2.75) is 36.7 Å². The van der Waals surface area contributed by atoms with Crippen LogP contribution in [0.3, 0.4) is 0 Å². The molecule has 1 saturated heterocycles. The predicted molar refractivity (Wildman–Crippen MR) is 112 cm³/mol. The van der Waals surface area contributed by atoms with Gasteiger partial charge in [-0.1, -0.05) is 40.2 Å². The van der Waals surface area contributed by atoms with Gasteiger partial charge in [0.2, 0.25) is 10.0 Å². The maximum absolute atomic E-state index is 11.5. The topological polar surface area (TPSA) is 75.4 Å². The second-order valence-electron chi connectivity index (χ2n) is 7.02. The summed E-state index contributed by atoms with van der Waals surface area (Å²) < 4.78 is 24.0. The van der Waals surface area contributed by atoms with Gasteiger partial charge in [0.15, 0.2) is 0 Å². The first kappa shape index (κ1) is 20.5. The highest BCUT2D eigenvalue weighted by Gasteiger charge is 2.21. The van der Waals surface area contributed by atoms with E-state index in [1.807, 2.05) is 12.1 Å². The smallest absolute Gasteiger partial charge is 0.238 e. The highest BCUT2D eigenvalue weighted by molar-refractivity contribution is 9.10. The van der Waals surface area contributed by atoms with Crippen LogP contribution < -0.4 is 10.5 Å². The van der Waals surface area contributed by atoms with Gasteiger partial charge in [-0.2, -0.15) is 0 Å². The van der Waals surface area contributed by atoms with Gasteiger partial charge in [0.1, 0.15) is 0 Å². The Balaban J connectivity index is 1.70. The highest BCUT2D eigenvalue weighted by Crippen LogP contribution is 2.19. The number of primary sulfonamides is 1. The maximum Gasteiger partial charge on any atom is 0.238 e. The van der Waals surface area contributed by atoms with Crippen LogP contribution in [0.5, 0.6) is 0 Å². The molecule has 3 rings (SSSR count). The van der Waals surface area contributed by atoms with Crippen LogP contribution in [-0.4, -0.2) is 39.0 Å². The number of nitrogens with zero attached hydrogens (tertiary/aromatic N) is 1. The molecule has 0 radical (unpaired) electrons. The van der Waals surface area contributed by atoms with Crippen LogP contribution in [0.4, 0.5) is 0 Å². The Bertz CT molecular complexity index is 833. The molecule has 0 saturated carbocycles. The molecule has 1 aliphatic rings. The highest BCUT2D eigenvalue weighted by atomic mass is 79.9. The Morgan fingerprint density at radius 1 is 1.00 bits per heavy atom. The summed E-state index contributed by atoms with van der Waals surface area (Å²) in [4.78, 5) is 2.68. The zero-order valence-corrected chi connectivity index (χ0v) is 17.7. The first-order chi connectivity index (χ1) is 12.9. The first-order valence-corrected chi connectivity index (χ1v) is 11.6. The van der Waals surface area contributed by atoms with E-state index >= 15 is 0 Å². The van der Waals surface area contributed by atoms with Crippen molar-refractivity contribution < 1.29 is 8.42 Å². The number of piperidine rings is 1. The van der Waals surface area contributed by atoms with Gasteiger partial charge in [-0.3, -0.25) is 4.90 Å². The van der Waals surface area contributed by atoms with Gasteiger partial charge in [-0.15, -0.1) is 0 Å². The average molecular weight is 452 g/mol. The van der Waals surface area contributed by atoms with E-state index < -0.39 is 10.0 Å². The number of sulfonamides is 1. The van der Waals surface area contributed by atoms with E-state index in [2.05, 4.69) is 50.4 Å². The quantitative estimate of drug-likeness (QED) is 0.678. The van der Waals surface area contributed by atoms with Crippen LogP contribution >= 0.6 is 15.9 Å². The molecule has 7 heteroatoms. The Kier molecular flexibility index (Phi) is 7.05. The number of hydrogen-bond acceptors (Lipinski definition) is 4. The molecule has 0 spiro atoms. The lowest BCUT2D eigenvalue weighted by Gasteiger charge is -2.35. The van der Waals surface area contributed by atoms with Crippen LogP contribution in [0.1, 0.15) is 24.0 Å². The number of rotatable bonds is 7. The molecule has 146 valence electrons. The van der Waals surface area contributed by atoms with Crippen molar-refractivity contribution in [2.24, 2.45) is 5.14 Å². The van der Waals surface area contributed by atoms with E-state index in [9.17, 15) is 8.42 Å². The molecule has 0 amide bonds. The number of nitrogens with two attached hydrogens (primary N) is 1.